The van der Waals surface area contributed by atoms with Crippen LogP contribution < -0.4 is 5.32 Å². The molecule has 0 amide bonds. The minimum absolute atomic E-state index is 0.0266. The van der Waals surface area contributed by atoms with Gasteiger partial charge >= 0.3 is 0 Å². The first-order valence-corrected chi connectivity index (χ1v) is 2.79. The number of ether oxygens (including phenoxy) is 1. The molecule has 0 radical (unpaired) electrons. The van der Waals surface area contributed by atoms with Gasteiger partial charge in [-0.1, -0.05) is 0 Å². The smallest absolute Gasteiger partial charge is 0.211 e. The fraction of sp³-hybridized carbons (Fsp3) is 1.00. The van der Waals surface area contributed by atoms with E-state index in [0.29, 0.717) is 6.54 Å². The molecule has 0 bridgehead atoms. The topological polar surface area (TPSA) is 21.3 Å². The van der Waals surface area contributed by atoms with Gasteiger partial charge in [-0.05, 0) is 6.92 Å². The van der Waals surface area contributed by atoms with Crippen molar-refractivity contribution in [2.45, 2.75) is 19.4 Å². The van der Waals surface area contributed by atoms with Gasteiger partial charge in [0.15, 0.2) is 0 Å². The third-order valence-electron chi connectivity index (χ3n) is 1.12. The van der Waals surface area contributed by atoms with Crippen LogP contribution in [0.2, 0.25) is 0 Å². The molecule has 1 fully saturated rings. The summed E-state index contributed by atoms with van der Waals surface area (Å²) >= 11 is 0. The third kappa shape index (κ3) is 1.42. The van der Waals surface area contributed by atoms with E-state index >= 15 is 0 Å². The summed E-state index contributed by atoms with van der Waals surface area (Å²) in [5.74, 6) is 0. The molecule has 1 aliphatic heterocycles. The van der Waals surface area contributed by atoms with Gasteiger partial charge in [0, 0.05) is 6.54 Å². The van der Waals surface area contributed by atoms with Crippen LogP contribution in [0, 0.1) is 0 Å². The Morgan fingerprint density at radius 3 is 2.75 bits per heavy atom. The summed E-state index contributed by atoms with van der Waals surface area (Å²) in [5, 5.41) is 2.88. The molecular weight excluding hydrogens is 109 g/mol. The van der Waals surface area contributed by atoms with Crippen molar-refractivity contribution in [1.82, 2.24) is 5.32 Å². The van der Waals surface area contributed by atoms with Crippen LogP contribution in [0.15, 0.2) is 0 Å². The Bertz CT molecular complexity index is 70.8. The Kier molecular flexibility index (Phi) is 1.81. The molecule has 1 rings (SSSR count). The molecule has 0 aromatic carbocycles. The molecule has 2 nitrogen and oxygen atoms in total. The average Bonchev–Trinajstić information content (AvgIpc) is 1.64. The van der Waals surface area contributed by atoms with Crippen LogP contribution in [0.1, 0.15) is 6.92 Å². The molecule has 8 heavy (non-hydrogen) atoms. The van der Waals surface area contributed by atoms with Crippen molar-refractivity contribution >= 4 is 0 Å². The number of halogens is 1. The minimum Gasteiger partial charge on any atom is -0.343 e. The highest BCUT2D eigenvalue weighted by atomic mass is 19.1. The monoisotopic (exact) mass is 119 g/mol. The van der Waals surface area contributed by atoms with Crippen LogP contribution in [0.4, 0.5) is 4.39 Å². The van der Waals surface area contributed by atoms with Gasteiger partial charge in [-0.3, -0.25) is 0 Å². The summed E-state index contributed by atoms with van der Waals surface area (Å²) < 4.78 is 16.9. The van der Waals surface area contributed by atoms with Crippen LogP contribution in [0.3, 0.4) is 0 Å². The van der Waals surface area contributed by atoms with Gasteiger partial charge in [-0.25, -0.2) is 4.39 Å². The van der Waals surface area contributed by atoms with Gasteiger partial charge in [0.1, 0.15) is 0 Å². The summed E-state index contributed by atoms with van der Waals surface area (Å²) in [7, 11) is 0. The van der Waals surface area contributed by atoms with E-state index in [1.807, 2.05) is 6.92 Å². The highest BCUT2D eigenvalue weighted by Gasteiger charge is 2.16. The van der Waals surface area contributed by atoms with E-state index in [9.17, 15) is 4.39 Å². The number of hydrogen-bond acceptors (Lipinski definition) is 2. The molecule has 0 spiro atoms. The normalized spacial score (nSPS) is 39.8. The first kappa shape index (κ1) is 5.98. The Morgan fingerprint density at radius 2 is 2.38 bits per heavy atom. The maximum absolute atomic E-state index is 12.1. The van der Waals surface area contributed by atoms with Gasteiger partial charge < -0.3 is 10.1 Å². The summed E-state index contributed by atoms with van der Waals surface area (Å²) in [6.45, 7) is 2.95. The molecule has 48 valence electrons. The second-order valence-electron chi connectivity index (χ2n) is 2.02. The van der Waals surface area contributed by atoms with E-state index in [1.54, 1.807) is 0 Å². The molecule has 1 aliphatic rings. The molecule has 3 heteroatoms. The van der Waals surface area contributed by atoms with Gasteiger partial charge in [-0.2, -0.15) is 0 Å². The average molecular weight is 119 g/mol. The molecule has 1 heterocycles. The first-order chi connectivity index (χ1) is 3.79. The van der Waals surface area contributed by atoms with Crippen LogP contribution in [0.5, 0.6) is 0 Å². The van der Waals surface area contributed by atoms with Gasteiger partial charge in [-0.15, -0.1) is 0 Å². The summed E-state index contributed by atoms with van der Waals surface area (Å²) in [4.78, 5) is 0. The highest BCUT2D eigenvalue weighted by Crippen LogP contribution is 2.02. The fourth-order valence-electron chi connectivity index (χ4n) is 0.748. The number of nitrogens with one attached hydrogen (secondary N) is 1. The third-order valence-corrected chi connectivity index (χ3v) is 1.12. The van der Waals surface area contributed by atoms with Crippen molar-refractivity contribution < 1.29 is 9.13 Å². The predicted octanol–water partition coefficient (Wildman–Crippen LogP) is 0.290. The second-order valence-corrected chi connectivity index (χ2v) is 2.02. The Hall–Kier alpha value is -0.150. The van der Waals surface area contributed by atoms with E-state index < -0.39 is 6.36 Å². The van der Waals surface area contributed by atoms with Crippen LogP contribution in [0.25, 0.3) is 0 Å². The lowest BCUT2D eigenvalue weighted by atomic mass is 10.3. The summed E-state index contributed by atoms with van der Waals surface area (Å²) in [5.41, 5.74) is 0. The number of alkyl halides is 1. The summed E-state index contributed by atoms with van der Waals surface area (Å²) in [6.07, 6.45) is -1.07. The van der Waals surface area contributed by atoms with Crippen molar-refractivity contribution in [2.24, 2.45) is 0 Å². The van der Waals surface area contributed by atoms with Crippen molar-refractivity contribution in [1.29, 1.82) is 0 Å². The molecule has 0 saturated carbocycles. The largest absolute Gasteiger partial charge is 0.343 e. The van der Waals surface area contributed by atoms with Crippen molar-refractivity contribution in [3.05, 3.63) is 0 Å². The molecule has 2 unspecified atom stereocenters. The predicted molar refractivity (Wildman–Crippen MR) is 28.3 cm³/mol. The molecular formula is C5H10FNO. The lowest BCUT2D eigenvalue weighted by molar-refractivity contribution is -0.0975. The molecule has 0 aromatic rings. The number of morpholine rings is 1. The van der Waals surface area contributed by atoms with E-state index in [1.165, 1.54) is 0 Å². The molecule has 0 aromatic heterocycles. The lowest BCUT2D eigenvalue weighted by Gasteiger charge is -2.22. The maximum atomic E-state index is 12.1. The van der Waals surface area contributed by atoms with E-state index in [2.05, 4.69) is 5.32 Å². The van der Waals surface area contributed by atoms with Crippen molar-refractivity contribution in [3.8, 4) is 0 Å². The van der Waals surface area contributed by atoms with Gasteiger partial charge in [0.05, 0.1) is 12.6 Å². The Morgan fingerprint density at radius 1 is 1.62 bits per heavy atom. The van der Waals surface area contributed by atoms with Crippen molar-refractivity contribution in [3.63, 3.8) is 0 Å². The Labute approximate surface area is 48.0 Å². The van der Waals surface area contributed by atoms with Crippen LogP contribution in [-0.2, 0) is 4.74 Å². The standard InChI is InChI=1S/C5H10FNO/c1-4-2-7-3-5(6)8-4/h4-5,7H,2-3H2,1H3. The van der Waals surface area contributed by atoms with E-state index in [4.69, 9.17) is 4.74 Å². The van der Waals surface area contributed by atoms with E-state index in [0.717, 1.165) is 6.54 Å². The highest BCUT2D eigenvalue weighted by molar-refractivity contribution is 4.63. The molecule has 1 saturated heterocycles. The minimum atomic E-state index is -1.10. The SMILES string of the molecule is CC1CNCC(F)O1. The number of hydrogen-bond donors (Lipinski definition) is 1. The van der Waals surface area contributed by atoms with Crippen LogP contribution >= 0.6 is 0 Å². The van der Waals surface area contributed by atoms with Crippen LogP contribution in [-0.4, -0.2) is 25.6 Å². The molecule has 0 aliphatic carbocycles. The molecule has 1 N–H and O–H groups in total. The lowest BCUT2D eigenvalue weighted by Crippen LogP contribution is -2.41. The quantitative estimate of drug-likeness (QED) is 0.495. The van der Waals surface area contributed by atoms with Gasteiger partial charge in [0.25, 0.3) is 0 Å². The maximum Gasteiger partial charge on any atom is 0.211 e. The van der Waals surface area contributed by atoms with Gasteiger partial charge in [0.2, 0.25) is 6.36 Å². The zero-order valence-electron chi connectivity index (χ0n) is 4.86. The number of rotatable bonds is 0. The summed E-state index contributed by atoms with van der Waals surface area (Å²) in [6, 6.07) is 0. The molecule has 2 atom stereocenters. The van der Waals surface area contributed by atoms with E-state index in [-0.39, 0.29) is 6.10 Å². The zero-order chi connectivity index (χ0) is 5.98. The fourth-order valence-corrected chi connectivity index (χ4v) is 0.748. The second kappa shape index (κ2) is 2.42. The zero-order valence-corrected chi connectivity index (χ0v) is 4.86. The van der Waals surface area contributed by atoms with Crippen molar-refractivity contribution in [2.75, 3.05) is 13.1 Å². The first-order valence-electron chi connectivity index (χ1n) is 2.79. The Balaban J connectivity index is 2.23.